The summed E-state index contributed by atoms with van der Waals surface area (Å²) in [5.41, 5.74) is 0.616. The lowest BCUT2D eigenvalue weighted by Gasteiger charge is -2.15. The number of halogens is 1. The second-order valence-electron chi connectivity index (χ2n) is 4.43. The molecule has 2 aromatic rings. The molecule has 3 nitrogen and oxygen atoms in total. The first-order chi connectivity index (χ1) is 9.18. The maximum Gasteiger partial charge on any atom is 0.250 e. The van der Waals surface area contributed by atoms with E-state index in [1.807, 2.05) is 19.1 Å². The average Bonchev–Trinajstić information content (AvgIpc) is 2.41. The van der Waals surface area contributed by atoms with Crippen molar-refractivity contribution in [1.29, 1.82) is 0 Å². The normalized spacial score (nSPS) is 12.3. The van der Waals surface area contributed by atoms with Gasteiger partial charge in [0.25, 0.3) is 5.56 Å². The molecular formula is C15H17FN2O. The first-order valence-corrected chi connectivity index (χ1v) is 6.32. The van der Waals surface area contributed by atoms with Gasteiger partial charge in [-0.15, -0.1) is 0 Å². The first kappa shape index (κ1) is 13.5. The van der Waals surface area contributed by atoms with E-state index in [1.165, 1.54) is 12.1 Å². The Hall–Kier alpha value is -1.94. The zero-order valence-corrected chi connectivity index (χ0v) is 10.8. The van der Waals surface area contributed by atoms with Crippen molar-refractivity contribution in [3.8, 4) is 0 Å². The van der Waals surface area contributed by atoms with Gasteiger partial charge in [-0.05, 0) is 19.1 Å². The summed E-state index contributed by atoms with van der Waals surface area (Å²) >= 11 is 0. The molecule has 100 valence electrons. The summed E-state index contributed by atoms with van der Waals surface area (Å²) in [5.74, 6) is -0.209. The molecule has 0 radical (unpaired) electrons. The molecule has 0 bridgehead atoms. The van der Waals surface area contributed by atoms with Crippen LogP contribution in [0.4, 0.5) is 4.39 Å². The van der Waals surface area contributed by atoms with Crippen LogP contribution >= 0.6 is 0 Å². The van der Waals surface area contributed by atoms with E-state index in [0.717, 1.165) is 0 Å². The highest BCUT2D eigenvalue weighted by molar-refractivity contribution is 5.20. The molecule has 1 atom stereocenters. The smallest absolute Gasteiger partial charge is 0.250 e. The van der Waals surface area contributed by atoms with Gasteiger partial charge in [-0.3, -0.25) is 4.79 Å². The molecule has 4 heteroatoms. The van der Waals surface area contributed by atoms with Crippen LogP contribution in [0.5, 0.6) is 0 Å². The van der Waals surface area contributed by atoms with Crippen LogP contribution < -0.4 is 10.9 Å². The van der Waals surface area contributed by atoms with Crippen LogP contribution in [0.25, 0.3) is 0 Å². The van der Waals surface area contributed by atoms with Crippen LogP contribution in [0, 0.1) is 5.82 Å². The van der Waals surface area contributed by atoms with Gasteiger partial charge in [-0.2, -0.15) is 0 Å². The van der Waals surface area contributed by atoms with Crippen molar-refractivity contribution in [2.75, 3.05) is 6.54 Å². The third kappa shape index (κ3) is 3.51. The Morgan fingerprint density at radius 3 is 2.68 bits per heavy atom. The van der Waals surface area contributed by atoms with Gasteiger partial charge in [0, 0.05) is 37.0 Å². The zero-order chi connectivity index (χ0) is 13.7. The zero-order valence-electron chi connectivity index (χ0n) is 10.8. The fraction of sp³-hybridized carbons (Fsp3) is 0.267. The van der Waals surface area contributed by atoms with Crippen molar-refractivity contribution in [3.05, 3.63) is 70.4 Å². The van der Waals surface area contributed by atoms with Gasteiger partial charge in [-0.25, -0.2) is 4.39 Å². The molecule has 1 heterocycles. The molecule has 0 spiro atoms. The van der Waals surface area contributed by atoms with Crippen molar-refractivity contribution < 1.29 is 4.39 Å². The number of nitrogens with zero attached hydrogens (tertiary/aromatic N) is 1. The monoisotopic (exact) mass is 260 g/mol. The number of benzene rings is 1. The Labute approximate surface area is 111 Å². The number of nitrogens with one attached hydrogen (secondary N) is 1. The lowest BCUT2D eigenvalue weighted by atomic mass is 10.1. The van der Waals surface area contributed by atoms with Crippen molar-refractivity contribution in [2.45, 2.75) is 19.5 Å². The molecule has 0 amide bonds. The van der Waals surface area contributed by atoms with Crippen molar-refractivity contribution >= 4 is 0 Å². The summed E-state index contributed by atoms with van der Waals surface area (Å²) in [5, 5.41) is 3.22. The Morgan fingerprint density at radius 1 is 1.21 bits per heavy atom. The number of hydrogen-bond donors (Lipinski definition) is 1. The highest BCUT2D eigenvalue weighted by Crippen LogP contribution is 2.15. The van der Waals surface area contributed by atoms with Crippen LogP contribution in [-0.2, 0) is 6.54 Å². The van der Waals surface area contributed by atoms with Crippen molar-refractivity contribution in [3.63, 3.8) is 0 Å². The number of hydrogen-bond acceptors (Lipinski definition) is 2. The maximum absolute atomic E-state index is 13.6. The predicted octanol–water partition coefficient (Wildman–Crippen LogP) is 2.34. The molecule has 0 saturated heterocycles. The highest BCUT2D eigenvalue weighted by atomic mass is 19.1. The minimum atomic E-state index is -0.209. The van der Waals surface area contributed by atoms with Crippen LogP contribution in [0.15, 0.2) is 53.5 Å². The fourth-order valence-electron chi connectivity index (χ4n) is 1.98. The summed E-state index contributed by atoms with van der Waals surface area (Å²) in [6, 6.07) is 11.7. The third-order valence-electron chi connectivity index (χ3n) is 3.07. The van der Waals surface area contributed by atoms with E-state index in [1.54, 1.807) is 29.0 Å². The van der Waals surface area contributed by atoms with Gasteiger partial charge < -0.3 is 9.88 Å². The van der Waals surface area contributed by atoms with Gasteiger partial charge in [0.2, 0.25) is 0 Å². The first-order valence-electron chi connectivity index (χ1n) is 6.32. The van der Waals surface area contributed by atoms with E-state index in [9.17, 15) is 9.18 Å². The second-order valence-corrected chi connectivity index (χ2v) is 4.43. The van der Waals surface area contributed by atoms with Crippen LogP contribution in [0.2, 0.25) is 0 Å². The van der Waals surface area contributed by atoms with Gasteiger partial charge in [0.05, 0.1) is 0 Å². The maximum atomic E-state index is 13.6. The van der Waals surface area contributed by atoms with E-state index in [4.69, 9.17) is 0 Å². The van der Waals surface area contributed by atoms with E-state index >= 15 is 0 Å². The quantitative estimate of drug-likeness (QED) is 0.895. The topological polar surface area (TPSA) is 34.0 Å². The minimum Gasteiger partial charge on any atom is -0.314 e. The van der Waals surface area contributed by atoms with E-state index in [-0.39, 0.29) is 17.4 Å². The molecule has 2 rings (SSSR count). The van der Waals surface area contributed by atoms with E-state index < -0.39 is 0 Å². The minimum absolute atomic E-state index is 0.0251. The Balaban J connectivity index is 1.92. The van der Waals surface area contributed by atoms with Crippen LogP contribution in [-0.4, -0.2) is 11.1 Å². The largest absolute Gasteiger partial charge is 0.314 e. The standard InChI is InChI=1S/C15H17FN2O/c1-12(13-6-2-3-7-14(13)16)17-9-11-18-10-5-4-8-15(18)19/h2-8,10,12,17H,9,11H2,1H3. The average molecular weight is 260 g/mol. The van der Waals surface area contributed by atoms with Gasteiger partial charge in [0.15, 0.2) is 0 Å². The molecule has 0 aliphatic heterocycles. The molecule has 0 fully saturated rings. The van der Waals surface area contributed by atoms with Crippen molar-refractivity contribution in [2.24, 2.45) is 0 Å². The molecule has 1 aromatic carbocycles. The Morgan fingerprint density at radius 2 is 1.95 bits per heavy atom. The molecule has 0 saturated carbocycles. The van der Waals surface area contributed by atoms with Gasteiger partial charge >= 0.3 is 0 Å². The summed E-state index contributed by atoms with van der Waals surface area (Å²) in [6.45, 7) is 3.09. The van der Waals surface area contributed by atoms with E-state index in [2.05, 4.69) is 5.32 Å². The second kappa shape index (κ2) is 6.29. The molecule has 1 unspecified atom stereocenters. The summed E-state index contributed by atoms with van der Waals surface area (Å²) in [6.07, 6.45) is 1.75. The molecular weight excluding hydrogens is 243 g/mol. The van der Waals surface area contributed by atoms with Crippen LogP contribution in [0.1, 0.15) is 18.5 Å². The Bertz CT molecular complexity index is 594. The molecule has 0 aliphatic carbocycles. The highest BCUT2D eigenvalue weighted by Gasteiger charge is 2.08. The number of pyridine rings is 1. The molecule has 19 heavy (non-hydrogen) atoms. The lowest BCUT2D eigenvalue weighted by molar-refractivity contribution is 0.501. The van der Waals surface area contributed by atoms with Gasteiger partial charge in [0.1, 0.15) is 5.82 Å². The van der Waals surface area contributed by atoms with Gasteiger partial charge in [-0.1, -0.05) is 24.3 Å². The SMILES string of the molecule is CC(NCCn1ccccc1=O)c1ccccc1F. The Kier molecular flexibility index (Phi) is 4.47. The third-order valence-corrected chi connectivity index (χ3v) is 3.07. The summed E-state index contributed by atoms with van der Waals surface area (Å²) < 4.78 is 15.2. The number of aromatic nitrogens is 1. The molecule has 1 aromatic heterocycles. The van der Waals surface area contributed by atoms with Crippen molar-refractivity contribution in [1.82, 2.24) is 9.88 Å². The molecule has 0 aliphatic rings. The lowest BCUT2D eigenvalue weighted by Crippen LogP contribution is -2.28. The summed E-state index contributed by atoms with van der Waals surface area (Å²) in [4.78, 5) is 11.5. The summed E-state index contributed by atoms with van der Waals surface area (Å²) in [7, 11) is 0. The van der Waals surface area contributed by atoms with Crippen LogP contribution in [0.3, 0.4) is 0 Å². The predicted molar refractivity (Wildman–Crippen MR) is 73.5 cm³/mol. The fourth-order valence-corrected chi connectivity index (χ4v) is 1.98. The molecule has 1 N–H and O–H groups in total. The number of rotatable bonds is 5. The van der Waals surface area contributed by atoms with E-state index in [0.29, 0.717) is 18.7 Å².